The van der Waals surface area contributed by atoms with Crippen LogP contribution in [0.2, 0.25) is 0 Å². The van der Waals surface area contributed by atoms with Crippen molar-refractivity contribution in [2.75, 3.05) is 25.0 Å². The molecular weight excluding hydrogens is 395 g/mol. The van der Waals surface area contributed by atoms with E-state index >= 15 is 0 Å². The zero-order valence-electron chi connectivity index (χ0n) is 17.0. The number of pyridine rings is 1. The fraction of sp³-hybridized carbons (Fsp3) is 0.458. The molecule has 1 aromatic carbocycles. The summed E-state index contributed by atoms with van der Waals surface area (Å²) < 4.78 is 13.7. The summed E-state index contributed by atoms with van der Waals surface area (Å²) in [4.78, 5) is 33.3. The van der Waals surface area contributed by atoms with E-state index in [0.29, 0.717) is 31.5 Å². The lowest BCUT2D eigenvalue weighted by molar-refractivity contribution is -0.129. The van der Waals surface area contributed by atoms with Gasteiger partial charge in [0.15, 0.2) is 0 Å². The van der Waals surface area contributed by atoms with Gasteiger partial charge in [-0.25, -0.2) is 9.37 Å². The zero-order valence-corrected chi connectivity index (χ0v) is 17.0. The Bertz CT molecular complexity index is 1030. The van der Waals surface area contributed by atoms with Gasteiger partial charge in [0.05, 0.1) is 17.1 Å². The number of nitrogens with zero attached hydrogens (tertiary/aromatic N) is 3. The normalized spacial score (nSPS) is 24.7. The largest absolute Gasteiger partial charge is 0.360 e. The summed E-state index contributed by atoms with van der Waals surface area (Å²) in [6, 6.07) is 8.61. The molecule has 1 N–H and O–H groups in total. The summed E-state index contributed by atoms with van der Waals surface area (Å²) in [7, 11) is 0. The van der Waals surface area contributed by atoms with Gasteiger partial charge in [-0.05, 0) is 49.1 Å². The molecule has 1 aromatic heterocycles. The fourth-order valence-electron chi connectivity index (χ4n) is 4.99. The first kappa shape index (κ1) is 21.3. The van der Waals surface area contributed by atoms with Gasteiger partial charge < -0.3 is 15.1 Å². The van der Waals surface area contributed by atoms with Crippen molar-refractivity contribution in [2.24, 2.45) is 0 Å². The molecule has 0 radical (unpaired) electrons. The molecule has 2 atom stereocenters. The number of carbonyl (C=O) groups excluding carboxylic acids is 2. The van der Waals surface area contributed by atoms with Gasteiger partial charge in [-0.2, -0.15) is 0 Å². The van der Waals surface area contributed by atoms with Crippen LogP contribution in [0.3, 0.4) is 0 Å². The maximum Gasteiger partial charge on any atom is 0.255 e. The first-order valence-electron chi connectivity index (χ1n) is 10.5. The topological polar surface area (TPSA) is 65.5 Å². The van der Waals surface area contributed by atoms with Crippen LogP contribution in [0.5, 0.6) is 0 Å². The van der Waals surface area contributed by atoms with Gasteiger partial charge >= 0.3 is 0 Å². The van der Waals surface area contributed by atoms with Crippen molar-refractivity contribution in [3.05, 3.63) is 59.0 Å². The molecule has 2 amide bonds. The van der Waals surface area contributed by atoms with Crippen LogP contribution in [0.1, 0.15) is 55.1 Å². The van der Waals surface area contributed by atoms with Crippen LogP contribution < -0.4 is 5.32 Å². The van der Waals surface area contributed by atoms with E-state index in [0.717, 1.165) is 36.3 Å². The van der Waals surface area contributed by atoms with Crippen molar-refractivity contribution in [1.29, 1.82) is 0 Å². The highest BCUT2D eigenvalue weighted by atomic mass is 19.1. The number of anilines is 1. The molecule has 3 aliphatic heterocycles. The van der Waals surface area contributed by atoms with Crippen molar-refractivity contribution < 1.29 is 14.0 Å². The maximum atomic E-state index is 13.7. The number of nitrogens with one attached hydrogen (secondary N) is 1. The molecule has 2 aromatic rings. The van der Waals surface area contributed by atoms with Crippen LogP contribution >= 0.6 is 0 Å². The molecule has 7 heteroatoms. The molecule has 164 valence electrons. The van der Waals surface area contributed by atoms with Gasteiger partial charge in [-0.3, -0.25) is 9.59 Å². The summed E-state index contributed by atoms with van der Waals surface area (Å²) in [5.41, 5.74) is 1.91. The molecule has 0 aliphatic carbocycles. The second kappa shape index (κ2) is 7.94. The highest BCUT2D eigenvalue weighted by molar-refractivity contribution is 5.95. The Morgan fingerprint density at radius 2 is 2.13 bits per heavy atom. The summed E-state index contributed by atoms with van der Waals surface area (Å²) in [5.74, 6) is 0.630. The first-order valence-corrected chi connectivity index (χ1v) is 10.5. The van der Waals surface area contributed by atoms with Gasteiger partial charge in [-0.1, -0.05) is 19.6 Å². The number of hydrogen-bond donors (Lipinski definition) is 1. The fourth-order valence-corrected chi connectivity index (χ4v) is 4.99. The third-order valence-electron chi connectivity index (χ3n) is 6.61. The molecule has 0 unspecified atom stereocenters. The SMILES string of the molecule is C.C[C@]1(c2cccc(F)c2)Cc2cc(C(=O)N3CC[C@H](N4CCCC4=O)C3)cnc2N1. The van der Waals surface area contributed by atoms with E-state index in [1.54, 1.807) is 12.3 Å². The quantitative estimate of drug-likeness (QED) is 0.818. The van der Waals surface area contributed by atoms with Crippen molar-refractivity contribution in [3.8, 4) is 0 Å². The summed E-state index contributed by atoms with van der Waals surface area (Å²) in [5, 5.41) is 3.39. The van der Waals surface area contributed by atoms with Crippen molar-refractivity contribution in [3.63, 3.8) is 0 Å². The number of fused-ring (bicyclic) bond motifs is 1. The van der Waals surface area contributed by atoms with E-state index in [-0.39, 0.29) is 31.1 Å². The Kier molecular flexibility index (Phi) is 5.45. The zero-order chi connectivity index (χ0) is 20.9. The average Bonchev–Trinajstić information content (AvgIpc) is 3.44. The minimum atomic E-state index is -0.464. The number of benzene rings is 1. The van der Waals surface area contributed by atoms with Crippen molar-refractivity contribution in [1.82, 2.24) is 14.8 Å². The predicted octanol–water partition coefficient (Wildman–Crippen LogP) is 3.58. The summed E-state index contributed by atoms with van der Waals surface area (Å²) in [6.45, 7) is 4.06. The Morgan fingerprint density at radius 3 is 2.87 bits per heavy atom. The minimum absolute atomic E-state index is 0. The van der Waals surface area contributed by atoms with E-state index in [9.17, 15) is 14.0 Å². The maximum absolute atomic E-state index is 13.7. The van der Waals surface area contributed by atoms with Gasteiger partial charge in [-0.15, -0.1) is 0 Å². The second-order valence-electron chi connectivity index (χ2n) is 8.76. The third kappa shape index (κ3) is 3.77. The van der Waals surface area contributed by atoms with Crippen molar-refractivity contribution >= 4 is 17.6 Å². The Balaban J connectivity index is 0.00000231. The number of halogens is 1. The molecule has 2 fully saturated rings. The summed E-state index contributed by atoms with van der Waals surface area (Å²) in [6.07, 6.45) is 4.60. The third-order valence-corrected chi connectivity index (χ3v) is 6.61. The number of amides is 2. The lowest BCUT2D eigenvalue weighted by atomic mass is 9.89. The van der Waals surface area contributed by atoms with E-state index in [1.165, 1.54) is 12.1 Å². The highest BCUT2D eigenvalue weighted by Gasteiger charge is 2.37. The van der Waals surface area contributed by atoms with E-state index in [2.05, 4.69) is 10.3 Å². The Labute approximate surface area is 182 Å². The number of hydrogen-bond acceptors (Lipinski definition) is 4. The van der Waals surface area contributed by atoms with Gasteiger partial charge in [0, 0.05) is 38.7 Å². The van der Waals surface area contributed by atoms with Gasteiger partial charge in [0.2, 0.25) is 5.91 Å². The standard InChI is InChI=1S/C23H25FN4O2.CH4/c1-23(17-4-2-5-18(24)11-17)12-15-10-16(13-25-21(15)26-23)22(30)27-9-7-19(14-27)28-8-3-6-20(28)29;/h2,4-5,10-11,13,19H,3,6-9,12,14H2,1H3,(H,25,26);1H4/t19-,23+;/m0./s1. The van der Waals surface area contributed by atoms with Crippen LogP contribution in [-0.4, -0.2) is 52.3 Å². The van der Waals surface area contributed by atoms with Crippen LogP contribution in [0.15, 0.2) is 36.5 Å². The van der Waals surface area contributed by atoms with Gasteiger partial charge in [0.1, 0.15) is 11.6 Å². The lowest BCUT2D eigenvalue weighted by Crippen LogP contribution is -2.39. The molecule has 0 saturated carbocycles. The molecular formula is C24H29FN4O2. The first-order chi connectivity index (χ1) is 14.4. The summed E-state index contributed by atoms with van der Waals surface area (Å²) >= 11 is 0. The monoisotopic (exact) mass is 424 g/mol. The molecule has 3 aliphatic rings. The van der Waals surface area contributed by atoms with Gasteiger partial charge in [0.25, 0.3) is 5.91 Å². The molecule has 6 nitrogen and oxygen atoms in total. The van der Waals surface area contributed by atoms with Crippen molar-refractivity contribution in [2.45, 2.75) is 51.6 Å². The second-order valence-corrected chi connectivity index (χ2v) is 8.76. The number of carbonyl (C=O) groups is 2. The minimum Gasteiger partial charge on any atom is -0.360 e. The number of likely N-dealkylation sites (tertiary alicyclic amines) is 2. The molecule has 0 spiro atoms. The molecule has 5 rings (SSSR count). The van der Waals surface area contributed by atoms with Crippen LogP contribution in [0.4, 0.5) is 10.2 Å². The van der Waals surface area contributed by atoms with Crippen LogP contribution in [-0.2, 0) is 16.8 Å². The molecule has 31 heavy (non-hydrogen) atoms. The number of aromatic nitrogens is 1. The van der Waals surface area contributed by atoms with Crippen LogP contribution in [0.25, 0.3) is 0 Å². The predicted molar refractivity (Wildman–Crippen MR) is 117 cm³/mol. The smallest absolute Gasteiger partial charge is 0.255 e. The Hall–Kier alpha value is -2.96. The van der Waals surface area contributed by atoms with E-state index in [4.69, 9.17) is 0 Å². The average molecular weight is 425 g/mol. The number of rotatable bonds is 3. The Morgan fingerprint density at radius 1 is 1.29 bits per heavy atom. The highest BCUT2D eigenvalue weighted by Crippen LogP contribution is 2.38. The van der Waals surface area contributed by atoms with E-state index < -0.39 is 5.54 Å². The van der Waals surface area contributed by atoms with E-state index in [1.807, 2.05) is 28.9 Å². The molecule has 4 heterocycles. The molecule has 0 bridgehead atoms. The van der Waals surface area contributed by atoms with Crippen LogP contribution in [0, 0.1) is 5.82 Å². The molecule has 2 saturated heterocycles. The lowest BCUT2D eigenvalue weighted by Gasteiger charge is -2.25.